The van der Waals surface area contributed by atoms with E-state index in [1.807, 2.05) is 0 Å². The van der Waals surface area contributed by atoms with Gasteiger partial charge in [-0.3, -0.25) is 4.79 Å². The molecule has 0 fully saturated rings. The maximum absolute atomic E-state index is 13.4. The van der Waals surface area contributed by atoms with Gasteiger partial charge in [0.15, 0.2) is 0 Å². The summed E-state index contributed by atoms with van der Waals surface area (Å²) in [6, 6.07) is 3.04. The number of ketones is 1. The van der Waals surface area contributed by atoms with Gasteiger partial charge in [-0.25, -0.2) is 4.79 Å². The van der Waals surface area contributed by atoms with Crippen molar-refractivity contribution in [3.05, 3.63) is 34.9 Å². The first kappa shape index (κ1) is 17.3. The van der Waals surface area contributed by atoms with Gasteiger partial charge in [-0.1, -0.05) is 11.6 Å². The number of benzene rings is 1. The summed E-state index contributed by atoms with van der Waals surface area (Å²) in [4.78, 5) is 21.3. The first-order valence-corrected chi connectivity index (χ1v) is 5.40. The van der Waals surface area contributed by atoms with Crippen molar-refractivity contribution in [2.75, 3.05) is 0 Å². The van der Waals surface area contributed by atoms with E-state index in [0.29, 0.717) is 12.1 Å². The van der Waals surface area contributed by atoms with Crippen molar-refractivity contribution in [2.24, 2.45) is 0 Å². The van der Waals surface area contributed by atoms with Gasteiger partial charge in [0.1, 0.15) is 0 Å². The second-order valence-corrected chi connectivity index (χ2v) is 4.30. The van der Waals surface area contributed by atoms with Crippen LogP contribution in [0.4, 0.5) is 26.3 Å². The van der Waals surface area contributed by atoms with E-state index in [0.717, 1.165) is 12.1 Å². The number of alkyl halides is 6. The molecule has 116 valence electrons. The first-order chi connectivity index (χ1) is 9.35. The number of carbonyl (C=O) groups excluding carboxylic acids is 1. The molecule has 3 nitrogen and oxygen atoms in total. The molecule has 1 rings (SSSR count). The Labute approximate surface area is 118 Å². The number of hydrogen-bond donors (Lipinski definition) is 1. The van der Waals surface area contributed by atoms with E-state index in [-0.39, 0.29) is 5.02 Å². The normalized spacial score (nSPS) is 13.1. The maximum atomic E-state index is 13.4. The fourth-order valence-corrected chi connectivity index (χ4v) is 1.38. The Morgan fingerprint density at radius 3 is 1.71 bits per heavy atom. The van der Waals surface area contributed by atoms with E-state index in [1.165, 1.54) is 0 Å². The topological polar surface area (TPSA) is 54.4 Å². The zero-order valence-electron chi connectivity index (χ0n) is 9.72. The number of aliphatic carboxylic acids is 1. The smallest absolute Gasteiger partial charge is 0.411 e. The van der Waals surface area contributed by atoms with E-state index in [9.17, 15) is 35.9 Å². The van der Waals surface area contributed by atoms with Crippen LogP contribution in [-0.4, -0.2) is 34.6 Å². The average molecular weight is 335 g/mol. The molecule has 0 heterocycles. The third-order valence-corrected chi connectivity index (χ3v) is 2.70. The van der Waals surface area contributed by atoms with Gasteiger partial charge in [0.25, 0.3) is 0 Å². The number of carboxylic acids is 1. The van der Waals surface area contributed by atoms with E-state index >= 15 is 0 Å². The molecule has 0 aromatic heterocycles. The molecule has 0 radical (unpaired) electrons. The van der Waals surface area contributed by atoms with Gasteiger partial charge in [-0.15, -0.1) is 0 Å². The lowest BCUT2D eigenvalue weighted by atomic mass is 9.96. The predicted molar refractivity (Wildman–Crippen MR) is 58.3 cm³/mol. The third-order valence-electron chi connectivity index (χ3n) is 2.45. The van der Waals surface area contributed by atoms with Gasteiger partial charge in [-0.2, -0.15) is 26.3 Å². The van der Waals surface area contributed by atoms with Crippen molar-refractivity contribution in [1.29, 1.82) is 0 Å². The highest BCUT2D eigenvalue weighted by molar-refractivity contribution is 6.30. The molecule has 21 heavy (non-hydrogen) atoms. The van der Waals surface area contributed by atoms with Crippen molar-refractivity contribution >= 4 is 23.4 Å². The molecule has 0 bridgehead atoms. The van der Waals surface area contributed by atoms with Crippen LogP contribution >= 0.6 is 11.6 Å². The second-order valence-electron chi connectivity index (χ2n) is 3.86. The Hall–Kier alpha value is -1.77. The molecule has 0 amide bonds. The number of carbonyl (C=O) groups is 2. The summed E-state index contributed by atoms with van der Waals surface area (Å²) in [6.45, 7) is 0. The summed E-state index contributed by atoms with van der Waals surface area (Å²) in [5.41, 5.74) is -1.02. The largest absolute Gasteiger partial charge is 0.477 e. The van der Waals surface area contributed by atoms with Gasteiger partial charge in [-0.05, 0) is 24.3 Å². The Morgan fingerprint density at radius 1 is 0.905 bits per heavy atom. The number of Topliss-reactive ketones (excluding diaryl/α,β-unsaturated/α-hetero) is 1. The molecule has 0 atom stereocenters. The molecule has 1 N–H and O–H groups in total. The molecule has 1 aromatic carbocycles. The highest BCUT2D eigenvalue weighted by atomic mass is 35.5. The molecule has 0 unspecified atom stereocenters. The van der Waals surface area contributed by atoms with Crippen LogP contribution in [0.2, 0.25) is 5.02 Å². The van der Waals surface area contributed by atoms with Gasteiger partial charge in [0, 0.05) is 10.6 Å². The van der Waals surface area contributed by atoms with Gasteiger partial charge in [0.2, 0.25) is 5.78 Å². The minimum atomic E-state index is -6.41. The van der Waals surface area contributed by atoms with Crippen LogP contribution in [-0.2, 0) is 4.79 Å². The van der Waals surface area contributed by atoms with E-state index in [4.69, 9.17) is 16.7 Å². The zero-order chi connectivity index (χ0) is 16.6. The van der Waals surface area contributed by atoms with Crippen molar-refractivity contribution in [3.63, 3.8) is 0 Å². The highest BCUT2D eigenvalue weighted by Crippen LogP contribution is 2.47. The zero-order valence-corrected chi connectivity index (χ0v) is 10.5. The summed E-state index contributed by atoms with van der Waals surface area (Å²) in [5, 5.41) is 7.92. The molecule has 0 saturated carbocycles. The Bertz CT molecular complexity index is 570. The lowest BCUT2D eigenvalue weighted by molar-refractivity contribution is -0.285. The Kier molecular flexibility index (Phi) is 4.29. The molecule has 0 aliphatic rings. The van der Waals surface area contributed by atoms with Gasteiger partial charge in [0.05, 0.1) is 0 Å². The second kappa shape index (κ2) is 5.21. The van der Waals surface area contributed by atoms with Crippen LogP contribution in [0.5, 0.6) is 0 Å². The Morgan fingerprint density at radius 2 is 1.33 bits per heavy atom. The summed E-state index contributed by atoms with van der Waals surface area (Å²) in [5.74, 6) is -24.6. The highest BCUT2D eigenvalue weighted by Gasteiger charge is 2.78. The fraction of sp³-hybridized carbons (Fsp3) is 0.273. The monoisotopic (exact) mass is 334 g/mol. The van der Waals surface area contributed by atoms with Crippen LogP contribution in [0.1, 0.15) is 10.4 Å². The molecule has 0 aliphatic heterocycles. The van der Waals surface area contributed by atoms with Crippen LogP contribution < -0.4 is 0 Å². The number of carboxylic acid groups (broad SMARTS) is 1. The van der Waals surface area contributed by atoms with E-state index in [2.05, 4.69) is 0 Å². The standard InChI is InChI=1S/C11H5ClF6O3/c12-6-3-1-5(2-4-6)7(19)9(13,14)11(17,18)10(15,16)8(20)21/h1-4H,(H,20,21). The van der Waals surface area contributed by atoms with E-state index in [1.54, 1.807) is 0 Å². The van der Waals surface area contributed by atoms with Gasteiger partial charge >= 0.3 is 23.7 Å². The molecule has 1 aromatic rings. The summed E-state index contributed by atoms with van der Waals surface area (Å²) in [7, 11) is 0. The molecule has 0 spiro atoms. The number of hydrogen-bond acceptors (Lipinski definition) is 2. The van der Waals surface area contributed by atoms with Crippen LogP contribution in [0.15, 0.2) is 24.3 Å². The molecule has 0 saturated heterocycles. The maximum Gasteiger partial charge on any atom is 0.411 e. The average Bonchev–Trinajstić information content (AvgIpc) is 2.38. The Balaban J connectivity index is 3.29. The minimum Gasteiger partial charge on any atom is -0.477 e. The van der Waals surface area contributed by atoms with Crippen LogP contribution in [0.3, 0.4) is 0 Å². The van der Waals surface area contributed by atoms with Crippen molar-refractivity contribution in [1.82, 2.24) is 0 Å². The molecule has 0 aliphatic carbocycles. The molecule has 10 heteroatoms. The fourth-order valence-electron chi connectivity index (χ4n) is 1.26. The number of halogens is 7. The minimum absolute atomic E-state index is 0.0162. The summed E-state index contributed by atoms with van der Waals surface area (Å²) in [6.07, 6.45) is 0. The lowest BCUT2D eigenvalue weighted by Gasteiger charge is -2.29. The lowest BCUT2D eigenvalue weighted by Crippen LogP contribution is -2.60. The quantitative estimate of drug-likeness (QED) is 0.662. The number of rotatable bonds is 5. The van der Waals surface area contributed by atoms with Crippen molar-refractivity contribution < 1.29 is 41.0 Å². The summed E-state index contributed by atoms with van der Waals surface area (Å²) < 4.78 is 78.5. The predicted octanol–water partition coefficient (Wildman–Crippen LogP) is 3.51. The van der Waals surface area contributed by atoms with Crippen molar-refractivity contribution in [3.8, 4) is 0 Å². The molecular weight excluding hydrogens is 330 g/mol. The van der Waals surface area contributed by atoms with Crippen molar-refractivity contribution in [2.45, 2.75) is 17.8 Å². The van der Waals surface area contributed by atoms with Gasteiger partial charge < -0.3 is 5.11 Å². The van der Waals surface area contributed by atoms with E-state index < -0.39 is 35.1 Å². The summed E-state index contributed by atoms with van der Waals surface area (Å²) >= 11 is 5.39. The third kappa shape index (κ3) is 2.69. The first-order valence-electron chi connectivity index (χ1n) is 5.03. The molecular formula is C11H5ClF6O3. The van der Waals surface area contributed by atoms with Crippen LogP contribution in [0, 0.1) is 0 Å². The SMILES string of the molecule is O=C(O)C(F)(F)C(F)(F)C(F)(F)C(=O)c1ccc(Cl)cc1. The van der Waals surface area contributed by atoms with Crippen LogP contribution in [0.25, 0.3) is 0 Å².